The summed E-state index contributed by atoms with van der Waals surface area (Å²) in [5, 5.41) is 47.4. The number of nitrogens with zero attached hydrogens (tertiary/aromatic N) is 1. The van der Waals surface area contributed by atoms with E-state index in [0.29, 0.717) is 6.54 Å². The molecule has 82 valence electrons. The van der Waals surface area contributed by atoms with E-state index in [1.54, 1.807) is 13.0 Å². The molecule has 0 aliphatic heterocycles. The largest absolute Gasteiger partial charge is 0.394 e. The predicted octanol–water partition coefficient (Wildman–Crippen LogP) is -2.44. The van der Waals surface area contributed by atoms with E-state index in [0.717, 1.165) is 0 Å². The molecule has 0 spiro atoms. The Balaban J connectivity index is 4.27. The summed E-state index contributed by atoms with van der Waals surface area (Å²) in [6, 6.07) is 0.787. The zero-order valence-corrected chi connectivity index (χ0v) is 7.96. The van der Waals surface area contributed by atoms with Gasteiger partial charge in [0.15, 0.2) is 0 Å². The van der Waals surface area contributed by atoms with Crippen molar-refractivity contribution in [2.75, 3.05) is 13.2 Å². The number of nitrogens with one attached hydrogen (secondary N) is 1. The zero-order chi connectivity index (χ0) is 11.1. The van der Waals surface area contributed by atoms with Crippen molar-refractivity contribution in [2.45, 2.75) is 31.3 Å². The Hall–Kier alpha value is -0.710. The lowest BCUT2D eigenvalue weighted by Gasteiger charge is -2.25. The number of aliphatic hydroxyl groups excluding tert-OH is 4. The second-order valence-corrected chi connectivity index (χ2v) is 2.90. The quantitative estimate of drug-likeness (QED) is 0.328. The third-order valence-corrected chi connectivity index (χ3v) is 1.84. The molecule has 6 heteroatoms. The molecule has 0 bridgehead atoms. The molecule has 0 saturated carbocycles. The molecule has 0 heterocycles. The van der Waals surface area contributed by atoms with E-state index < -0.39 is 31.0 Å². The van der Waals surface area contributed by atoms with Crippen LogP contribution in [-0.4, -0.2) is 57.9 Å². The van der Waals surface area contributed by atoms with Crippen LogP contribution in [0, 0.1) is 11.3 Å². The number of likely N-dealkylation sites (N-methyl/N-ethyl adjacent to an activating group) is 1. The van der Waals surface area contributed by atoms with Gasteiger partial charge in [-0.25, -0.2) is 0 Å². The summed E-state index contributed by atoms with van der Waals surface area (Å²) in [7, 11) is 0. The lowest BCUT2D eigenvalue weighted by molar-refractivity contribution is -0.0813. The van der Waals surface area contributed by atoms with Crippen LogP contribution in [0.1, 0.15) is 6.92 Å². The van der Waals surface area contributed by atoms with Crippen molar-refractivity contribution in [1.29, 1.82) is 5.26 Å². The van der Waals surface area contributed by atoms with Crippen LogP contribution in [0.25, 0.3) is 0 Å². The third-order valence-electron chi connectivity index (χ3n) is 1.84. The average Bonchev–Trinajstić information content (AvgIpc) is 2.22. The number of nitriles is 1. The summed E-state index contributed by atoms with van der Waals surface area (Å²) >= 11 is 0. The maximum atomic E-state index is 9.40. The lowest BCUT2D eigenvalue weighted by atomic mass is 10.0. The first kappa shape index (κ1) is 13.3. The van der Waals surface area contributed by atoms with Gasteiger partial charge in [0.1, 0.15) is 24.4 Å². The van der Waals surface area contributed by atoms with Crippen molar-refractivity contribution in [3.8, 4) is 6.07 Å². The molecule has 4 atom stereocenters. The Morgan fingerprint density at radius 3 is 2.21 bits per heavy atom. The maximum absolute atomic E-state index is 9.40. The predicted molar refractivity (Wildman–Crippen MR) is 48.2 cm³/mol. The normalized spacial score (nSPS) is 19.4. The Bertz CT molecular complexity index is 194. The van der Waals surface area contributed by atoms with Crippen molar-refractivity contribution >= 4 is 0 Å². The Labute approximate surface area is 82.4 Å². The van der Waals surface area contributed by atoms with Gasteiger partial charge in [-0.2, -0.15) is 5.26 Å². The standard InChI is InChI=1S/C8H16N2O4/c1-2-10-5(3-9)7(13)8(14)6(12)4-11/h5-8,10-14H,2,4H2,1H3/t5-,6+,7+,8+/m1/s1. The Morgan fingerprint density at radius 1 is 1.29 bits per heavy atom. The molecule has 0 aliphatic rings. The van der Waals surface area contributed by atoms with Crippen molar-refractivity contribution in [3.05, 3.63) is 0 Å². The molecule has 14 heavy (non-hydrogen) atoms. The van der Waals surface area contributed by atoms with E-state index in [1.807, 2.05) is 0 Å². The fourth-order valence-electron chi connectivity index (χ4n) is 0.995. The fraction of sp³-hybridized carbons (Fsp3) is 0.875. The highest BCUT2D eigenvalue weighted by Gasteiger charge is 2.30. The van der Waals surface area contributed by atoms with Gasteiger partial charge in [-0.15, -0.1) is 0 Å². The van der Waals surface area contributed by atoms with Gasteiger partial charge in [-0.3, -0.25) is 5.32 Å². The minimum absolute atomic E-state index is 0.456. The highest BCUT2D eigenvalue weighted by Crippen LogP contribution is 2.04. The van der Waals surface area contributed by atoms with Gasteiger partial charge >= 0.3 is 0 Å². The summed E-state index contributed by atoms with van der Waals surface area (Å²) in [4.78, 5) is 0. The molecule has 0 radical (unpaired) electrons. The van der Waals surface area contributed by atoms with E-state index in [-0.39, 0.29) is 0 Å². The SMILES string of the molecule is CCN[C@H](C#N)[C@H](O)[C@@H](O)[C@@H](O)CO. The van der Waals surface area contributed by atoms with Crippen LogP contribution in [0.4, 0.5) is 0 Å². The van der Waals surface area contributed by atoms with Crippen molar-refractivity contribution in [3.63, 3.8) is 0 Å². The number of hydrogen-bond acceptors (Lipinski definition) is 6. The summed E-state index contributed by atoms with van der Waals surface area (Å²) in [5.41, 5.74) is 0. The smallest absolute Gasteiger partial charge is 0.124 e. The second-order valence-electron chi connectivity index (χ2n) is 2.90. The van der Waals surface area contributed by atoms with Crippen LogP contribution < -0.4 is 5.32 Å². The van der Waals surface area contributed by atoms with Crippen molar-refractivity contribution in [2.24, 2.45) is 0 Å². The molecular formula is C8H16N2O4. The van der Waals surface area contributed by atoms with Gasteiger partial charge in [0.25, 0.3) is 0 Å². The molecule has 0 aromatic rings. The van der Waals surface area contributed by atoms with E-state index >= 15 is 0 Å². The second kappa shape index (κ2) is 6.70. The zero-order valence-electron chi connectivity index (χ0n) is 7.96. The van der Waals surface area contributed by atoms with Gasteiger partial charge in [0, 0.05) is 0 Å². The topological polar surface area (TPSA) is 117 Å². The highest BCUT2D eigenvalue weighted by molar-refractivity contribution is 4.98. The van der Waals surface area contributed by atoms with Crippen LogP contribution in [-0.2, 0) is 0 Å². The minimum Gasteiger partial charge on any atom is -0.394 e. The van der Waals surface area contributed by atoms with E-state index in [9.17, 15) is 10.2 Å². The molecule has 5 N–H and O–H groups in total. The van der Waals surface area contributed by atoms with Crippen molar-refractivity contribution < 1.29 is 20.4 Å². The molecule has 0 unspecified atom stereocenters. The minimum atomic E-state index is -1.54. The Kier molecular flexibility index (Phi) is 6.36. The summed E-state index contributed by atoms with van der Waals surface area (Å²) in [6.07, 6.45) is -4.41. The molecule has 0 saturated heterocycles. The summed E-state index contributed by atoms with van der Waals surface area (Å²) < 4.78 is 0. The molecule has 0 aromatic carbocycles. The molecule has 0 rings (SSSR count). The number of aliphatic hydroxyl groups is 4. The number of hydrogen-bond donors (Lipinski definition) is 5. The van der Waals surface area contributed by atoms with Gasteiger partial charge < -0.3 is 20.4 Å². The van der Waals surface area contributed by atoms with Gasteiger partial charge in [0.05, 0.1) is 12.7 Å². The molecule has 0 fully saturated rings. The average molecular weight is 204 g/mol. The van der Waals surface area contributed by atoms with E-state index in [1.165, 1.54) is 0 Å². The van der Waals surface area contributed by atoms with E-state index in [4.69, 9.17) is 15.5 Å². The lowest BCUT2D eigenvalue weighted by Crippen LogP contribution is -2.50. The van der Waals surface area contributed by atoms with Crippen LogP contribution >= 0.6 is 0 Å². The number of rotatable bonds is 6. The fourth-order valence-corrected chi connectivity index (χ4v) is 0.995. The third kappa shape index (κ3) is 3.57. The van der Waals surface area contributed by atoms with E-state index in [2.05, 4.69) is 5.32 Å². The maximum Gasteiger partial charge on any atom is 0.124 e. The first-order valence-electron chi connectivity index (χ1n) is 4.36. The highest BCUT2D eigenvalue weighted by atomic mass is 16.4. The molecule has 6 nitrogen and oxygen atoms in total. The van der Waals surface area contributed by atoms with Gasteiger partial charge in [-0.05, 0) is 6.54 Å². The van der Waals surface area contributed by atoms with Gasteiger partial charge in [-0.1, -0.05) is 6.92 Å². The first-order chi connectivity index (χ1) is 6.58. The van der Waals surface area contributed by atoms with Crippen molar-refractivity contribution in [1.82, 2.24) is 5.32 Å². The molecule has 0 aliphatic carbocycles. The van der Waals surface area contributed by atoms with Crippen LogP contribution in [0.2, 0.25) is 0 Å². The molecular weight excluding hydrogens is 188 g/mol. The van der Waals surface area contributed by atoms with Crippen LogP contribution in [0.5, 0.6) is 0 Å². The van der Waals surface area contributed by atoms with Crippen LogP contribution in [0.3, 0.4) is 0 Å². The molecule has 0 aromatic heterocycles. The molecule has 0 amide bonds. The first-order valence-corrected chi connectivity index (χ1v) is 4.36. The van der Waals surface area contributed by atoms with Gasteiger partial charge in [0.2, 0.25) is 0 Å². The summed E-state index contributed by atoms with van der Waals surface area (Å²) in [6.45, 7) is 1.53. The monoisotopic (exact) mass is 204 g/mol. The summed E-state index contributed by atoms with van der Waals surface area (Å²) in [5.74, 6) is 0. The van der Waals surface area contributed by atoms with Crippen LogP contribution in [0.15, 0.2) is 0 Å². The Morgan fingerprint density at radius 2 is 1.86 bits per heavy atom.